The van der Waals surface area contributed by atoms with Gasteiger partial charge in [-0.1, -0.05) is 64.4 Å². The van der Waals surface area contributed by atoms with Gasteiger partial charge in [0.25, 0.3) is 0 Å². The van der Waals surface area contributed by atoms with Crippen molar-refractivity contribution in [1.82, 2.24) is 0 Å². The summed E-state index contributed by atoms with van der Waals surface area (Å²) in [6.07, 6.45) is 12.6. The number of hydrogen-bond acceptors (Lipinski definition) is 4. The lowest BCUT2D eigenvalue weighted by atomic mass is 10.1. The van der Waals surface area contributed by atoms with E-state index in [4.69, 9.17) is 14.2 Å². The quantitative estimate of drug-likeness (QED) is 0.352. The number of esters is 1. The minimum Gasteiger partial charge on any atom is -0.465 e. The average Bonchev–Trinajstić information content (AvgIpc) is 3.08. The highest BCUT2D eigenvalue weighted by atomic mass is 16.7. The molecule has 0 amide bonds. The molecule has 0 aliphatic carbocycles. The number of carbonyl (C=O) groups excluding carboxylic acids is 1. The van der Waals surface area contributed by atoms with Crippen LogP contribution in [0.4, 0.5) is 0 Å². The first-order valence-electron chi connectivity index (χ1n) is 9.83. The number of hydrogen-bond donors (Lipinski definition) is 0. The Morgan fingerprint density at radius 3 is 2.40 bits per heavy atom. The normalized spacial score (nSPS) is 12.4. The molecule has 0 N–H and O–H groups in total. The van der Waals surface area contributed by atoms with Gasteiger partial charge in [-0.3, -0.25) is 4.79 Å². The first-order chi connectivity index (χ1) is 12.3. The summed E-state index contributed by atoms with van der Waals surface area (Å²) in [4.78, 5) is 11.8. The molecule has 0 bridgehead atoms. The predicted molar refractivity (Wildman–Crippen MR) is 99.1 cm³/mol. The molecular formula is C21H32O4. The molecule has 1 aliphatic rings. The zero-order valence-corrected chi connectivity index (χ0v) is 15.6. The number of fused-ring (bicyclic) bond motifs is 1. The fourth-order valence-corrected chi connectivity index (χ4v) is 3.03. The predicted octanol–water partition coefficient (Wildman–Crippen LogP) is 5.42. The summed E-state index contributed by atoms with van der Waals surface area (Å²) in [7, 11) is 0. The van der Waals surface area contributed by atoms with E-state index in [9.17, 15) is 4.79 Å². The van der Waals surface area contributed by atoms with Crippen molar-refractivity contribution in [3.05, 3.63) is 23.8 Å². The van der Waals surface area contributed by atoms with E-state index in [0.29, 0.717) is 19.4 Å². The van der Waals surface area contributed by atoms with Gasteiger partial charge in [-0.2, -0.15) is 0 Å². The van der Waals surface area contributed by atoms with E-state index in [1.165, 1.54) is 44.9 Å². The number of rotatable bonds is 13. The molecule has 2 rings (SSSR count). The maximum absolute atomic E-state index is 11.8. The Morgan fingerprint density at radius 2 is 1.64 bits per heavy atom. The van der Waals surface area contributed by atoms with Gasteiger partial charge in [-0.15, -0.1) is 0 Å². The monoisotopic (exact) mass is 348 g/mol. The molecule has 1 aromatic rings. The van der Waals surface area contributed by atoms with Crippen molar-refractivity contribution >= 4 is 5.97 Å². The molecule has 4 nitrogen and oxygen atoms in total. The molecular weight excluding hydrogens is 316 g/mol. The standard InChI is InChI=1S/C21H32O4/c1-2-3-4-5-6-7-8-9-10-11-21(22)23-15-14-18-12-13-19-20(16-18)25-17-24-19/h12-13,16H,2-11,14-15,17H2,1H3. The first kappa shape index (κ1) is 19.6. The Labute approximate surface area is 151 Å². The lowest BCUT2D eigenvalue weighted by molar-refractivity contribution is -0.143. The Bertz CT molecular complexity index is 513. The van der Waals surface area contributed by atoms with Crippen LogP contribution in [0, 0.1) is 0 Å². The highest BCUT2D eigenvalue weighted by molar-refractivity contribution is 5.69. The summed E-state index contributed by atoms with van der Waals surface area (Å²) in [6, 6.07) is 5.85. The molecule has 1 aliphatic heterocycles. The van der Waals surface area contributed by atoms with Crippen LogP contribution in [0.25, 0.3) is 0 Å². The van der Waals surface area contributed by atoms with E-state index in [1.807, 2.05) is 18.2 Å². The Morgan fingerprint density at radius 1 is 0.960 bits per heavy atom. The number of carbonyl (C=O) groups is 1. The smallest absolute Gasteiger partial charge is 0.305 e. The zero-order chi connectivity index (χ0) is 17.7. The summed E-state index contributed by atoms with van der Waals surface area (Å²) in [6.45, 7) is 2.95. The van der Waals surface area contributed by atoms with Crippen molar-refractivity contribution in [2.24, 2.45) is 0 Å². The highest BCUT2D eigenvalue weighted by Gasteiger charge is 2.13. The van der Waals surface area contributed by atoms with Gasteiger partial charge in [0.05, 0.1) is 6.61 Å². The second-order valence-electron chi connectivity index (χ2n) is 6.74. The molecule has 140 valence electrons. The topological polar surface area (TPSA) is 44.8 Å². The lowest BCUT2D eigenvalue weighted by Gasteiger charge is -2.06. The van der Waals surface area contributed by atoms with Crippen molar-refractivity contribution in [1.29, 1.82) is 0 Å². The van der Waals surface area contributed by atoms with Crippen molar-refractivity contribution in [2.45, 2.75) is 77.6 Å². The Hall–Kier alpha value is -1.71. The molecule has 1 aromatic carbocycles. The van der Waals surface area contributed by atoms with Gasteiger partial charge >= 0.3 is 5.97 Å². The van der Waals surface area contributed by atoms with Crippen LogP contribution >= 0.6 is 0 Å². The van der Waals surface area contributed by atoms with Gasteiger partial charge in [0, 0.05) is 12.8 Å². The molecule has 0 saturated carbocycles. The third kappa shape index (κ3) is 7.80. The summed E-state index contributed by atoms with van der Waals surface area (Å²) >= 11 is 0. The van der Waals surface area contributed by atoms with Gasteiger partial charge in [0.1, 0.15) is 0 Å². The summed E-state index contributed by atoms with van der Waals surface area (Å²) in [5.74, 6) is 1.48. The third-order valence-electron chi connectivity index (χ3n) is 4.58. The van der Waals surface area contributed by atoms with Crippen LogP contribution in [0.1, 0.15) is 76.7 Å². The summed E-state index contributed by atoms with van der Waals surface area (Å²) in [5, 5.41) is 0. The molecule has 0 aromatic heterocycles. The molecule has 0 unspecified atom stereocenters. The van der Waals surface area contributed by atoms with Gasteiger partial charge in [0.2, 0.25) is 6.79 Å². The number of unbranched alkanes of at least 4 members (excludes halogenated alkanes) is 8. The molecule has 0 spiro atoms. The Balaban J connectivity index is 1.45. The van der Waals surface area contributed by atoms with Gasteiger partial charge < -0.3 is 14.2 Å². The maximum Gasteiger partial charge on any atom is 0.305 e. The van der Waals surface area contributed by atoms with Crippen LogP contribution in [0.15, 0.2) is 18.2 Å². The molecule has 1 heterocycles. The number of benzene rings is 1. The fourth-order valence-electron chi connectivity index (χ4n) is 3.03. The second kappa shape index (κ2) is 11.8. The molecule has 4 heteroatoms. The van der Waals surface area contributed by atoms with Crippen LogP contribution in [0.2, 0.25) is 0 Å². The zero-order valence-electron chi connectivity index (χ0n) is 15.6. The third-order valence-corrected chi connectivity index (χ3v) is 4.58. The van der Waals surface area contributed by atoms with Crippen molar-refractivity contribution in [3.8, 4) is 11.5 Å². The minimum absolute atomic E-state index is 0.0799. The van der Waals surface area contributed by atoms with Crippen LogP contribution < -0.4 is 9.47 Å². The van der Waals surface area contributed by atoms with Crippen LogP contribution in [-0.2, 0) is 16.0 Å². The van der Waals surface area contributed by atoms with Crippen LogP contribution in [-0.4, -0.2) is 19.4 Å². The van der Waals surface area contributed by atoms with Crippen LogP contribution in [0.3, 0.4) is 0 Å². The minimum atomic E-state index is -0.0799. The van der Waals surface area contributed by atoms with E-state index in [0.717, 1.165) is 29.9 Å². The SMILES string of the molecule is CCCCCCCCCCCC(=O)OCCc1ccc2c(c1)OCO2. The first-order valence-corrected chi connectivity index (χ1v) is 9.83. The number of ether oxygens (including phenoxy) is 3. The largest absolute Gasteiger partial charge is 0.465 e. The molecule has 0 radical (unpaired) electrons. The van der Waals surface area contributed by atoms with Gasteiger partial charge in [-0.05, 0) is 24.1 Å². The van der Waals surface area contributed by atoms with Gasteiger partial charge in [0.15, 0.2) is 11.5 Å². The van der Waals surface area contributed by atoms with Crippen LogP contribution in [0.5, 0.6) is 11.5 Å². The molecule has 0 atom stereocenters. The van der Waals surface area contributed by atoms with E-state index in [1.54, 1.807) is 0 Å². The fraction of sp³-hybridized carbons (Fsp3) is 0.667. The van der Waals surface area contributed by atoms with E-state index in [2.05, 4.69) is 6.92 Å². The molecule has 0 saturated heterocycles. The van der Waals surface area contributed by atoms with Crippen molar-refractivity contribution in [2.75, 3.05) is 13.4 Å². The average molecular weight is 348 g/mol. The Kier molecular flexibility index (Phi) is 9.24. The highest BCUT2D eigenvalue weighted by Crippen LogP contribution is 2.32. The molecule has 25 heavy (non-hydrogen) atoms. The summed E-state index contributed by atoms with van der Waals surface area (Å²) in [5.41, 5.74) is 1.10. The summed E-state index contributed by atoms with van der Waals surface area (Å²) < 4.78 is 16.0. The van der Waals surface area contributed by atoms with E-state index < -0.39 is 0 Å². The van der Waals surface area contributed by atoms with E-state index in [-0.39, 0.29) is 12.8 Å². The lowest BCUT2D eigenvalue weighted by Crippen LogP contribution is -2.07. The second-order valence-corrected chi connectivity index (χ2v) is 6.74. The van der Waals surface area contributed by atoms with Crippen molar-refractivity contribution in [3.63, 3.8) is 0 Å². The van der Waals surface area contributed by atoms with E-state index >= 15 is 0 Å². The van der Waals surface area contributed by atoms with Gasteiger partial charge in [-0.25, -0.2) is 0 Å². The van der Waals surface area contributed by atoms with Crippen molar-refractivity contribution < 1.29 is 19.0 Å². The molecule has 0 fully saturated rings. The maximum atomic E-state index is 11.8.